The van der Waals surface area contributed by atoms with Crippen molar-refractivity contribution in [3.05, 3.63) is 0 Å². The van der Waals surface area contributed by atoms with Gasteiger partial charge in [-0.2, -0.15) is 0 Å². The summed E-state index contributed by atoms with van der Waals surface area (Å²) in [5.74, 6) is -0.478. The Morgan fingerprint density at radius 2 is 1.55 bits per heavy atom. The molecule has 1 amide bonds. The first-order valence-electron chi connectivity index (χ1n) is 6.89. The lowest BCUT2D eigenvalue weighted by molar-refractivity contribution is -0.160. The molecule has 0 aromatic heterocycles. The van der Waals surface area contributed by atoms with Gasteiger partial charge in [0, 0.05) is 12.6 Å². The third kappa shape index (κ3) is 4.67. The molecule has 1 rings (SSSR count). The molecule has 0 unspecified atom stereocenters. The summed E-state index contributed by atoms with van der Waals surface area (Å²) in [5, 5.41) is 0. The van der Waals surface area contributed by atoms with Crippen LogP contribution in [0.15, 0.2) is 0 Å². The van der Waals surface area contributed by atoms with Crippen LogP contribution in [0.4, 0.5) is 4.79 Å². The van der Waals surface area contributed by atoms with Crippen LogP contribution in [0.25, 0.3) is 0 Å². The van der Waals surface area contributed by atoms with E-state index in [1.165, 1.54) is 4.90 Å². The maximum absolute atomic E-state index is 12.2. The molecule has 1 fully saturated rings. The van der Waals surface area contributed by atoms with Crippen molar-refractivity contribution < 1.29 is 19.1 Å². The van der Waals surface area contributed by atoms with Crippen molar-refractivity contribution in [3.8, 4) is 0 Å². The van der Waals surface area contributed by atoms with Crippen LogP contribution >= 0.6 is 0 Å². The second-order valence-electron chi connectivity index (χ2n) is 7.10. The minimum absolute atomic E-state index is 0.403. The van der Waals surface area contributed by atoms with E-state index < -0.39 is 35.3 Å². The van der Waals surface area contributed by atoms with Crippen molar-refractivity contribution in [3.63, 3.8) is 0 Å². The van der Waals surface area contributed by atoms with Crippen LogP contribution in [-0.4, -0.2) is 46.8 Å². The molecule has 2 atom stereocenters. The zero-order valence-corrected chi connectivity index (χ0v) is 13.2. The molecule has 0 aliphatic carbocycles. The van der Waals surface area contributed by atoms with Gasteiger partial charge >= 0.3 is 12.1 Å². The van der Waals surface area contributed by atoms with E-state index in [0.29, 0.717) is 13.0 Å². The van der Waals surface area contributed by atoms with E-state index >= 15 is 0 Å². The van der Waals surface area contributed by atoms with Crippen LogP contribution in [0, 0.1) is 0 Å². The van der Waals surface area contributed by atoms with E-state index in [1.807, 2.05) is 0 Å². The Labute approximate surface area is 120 Å². The average Bonchev–Trinajstić information content (AvgIpc) is 2.54. The van der Waals surface area contributed by atoms with Gasteiger partial charge in [0.2, 0.25) is 0 Å². The molecular weight excluding hydrogens is 260 g/mol. The standard InChI is InChI=1S/C14H26N2O4/c1-13(2,3)19-11(17)10-9(15)7-8-16(10)12(18)20-14(4,5)6/h9-10H,7-8,15H2,1-6H3/t9-,10-/m0/s1. The molecule has 0 spiro atoms. The van der Waals surface area contributed by atoms with Crippen LogP contribution in [0.3, 0.4) is 0 Å². The molecule has 0 saturated carbocycles. The van der Waals surface area contributed by atoms with E-state index in [1.54, 1.807) is 41.5 Å². The largest absolute Gasteiger partial charge is 0.458 e. The Bertz CT molecular complexity index is 382. The summed E-state index contributed by atoms with van der Waals surface area (Å²) < 4.78 is 10.6. The second-order valence-corrected chi connectivity index (χ2v) is 7.10. The number of hydrogen-bond donors (Lipinski definition) is 1. The highest BCUT2D eigenvalue weighted by molar-refractivity contribution is 5.83. The topological polar surface area (TPSA) is 81.9 Å². The molecule has 20 heavy (non-hydrogen) atoms. The average molecular weight is 286 g/mol. The van der Waals surface area contributed by atoms with Crippen molar-refractivity contribution in [2.24, 2.45) is 5.73 Å². The van der Waals surface area contributed by atoms with Gasteiger partial charge in [-0.3, -0.25) is 4.90 Å². The van der Waals surface area contributed by atoms with Crippen molar-refractivity contribution in [2.75, 3.05) is 6.54 Å². The summed E-state index contributed by atoms with van der Waals surface area (Å²) >= 11 is 0. The summed E-state index contributed by atoms with van der Waals surface area (Å²) in [6.07, 6.45) is 0.0321. The monoisotopic (exact) mass is 286 g/mol. The van der Waals surface area contributed by atoms with Gasteiger partial charge in [0.15, 0.2) is 0 Å². The molecule has 0 bridgehead atoms. The zero-order chi connectivity index (χ0) is 15.7. The molecule has 116 valence electrons. The molecule has 2 N–H and O–H groups in total. The third-order valence-corrected chi connectivity index (χ3v) is 2.72. The number of nitrogens with zero attached hydrogens (tertiary/aromatic N) is 1. The summed E-state index contributed by atoms with van der Waals surface area (Å²) in [4.78, 5) is 25.7. The lowest BCUT2D eigenvalue weighted by Gasteiger charge is -2.30. The minimum atomic E-state index is -0.774. The maximum Gasteiger partial charge on any atom is 0.411 e. The quantitative estimate of drug-likeness (QED) is 0.741. The molecular formula is C14H26N2O4. The highest BCUT2D eigenvalue weighted by atomic mass is 16.6. The number of ether oxygens (including phenoxy) is 2. The van der Waals surface area contributed by atoms with E-state index in [9.17, 15) is 9.59 Å². The fourth-order valence-corrected chi connectivity index (χ4v) is 2.01. The zero-order valence-electron chi connectivity index (χ0n) is 13.2. The molecule has 1 aliphatic rings. The predicted molar refractivity (Wildman–Crippen MR) is 75.2 cm³/mol. The summed E-state index contributed by atoms with van der Waals surface area (Å²) in [6.45, 7) is 11.1. The number of rotatable bonds is 1. The second kappa shape index (κ2) is 5.60. The van der Waals surface area contributed by atoms with Crippen molar-refractivity contribution in [1.29, 1.82) is 0 Å². The van der Waals surface area contributed by atoms with Gasteiger partial charge in [-0.05, 0) is 48.0 Å². The van der Waals surface area contributed by atoms with Crippen molar-refractivity contribution >= 4 is 12.1 Å². The third-order valence-electron chi connectivity index (χ3n) is 2.72. The van der Waals surface area contributed by atoms with Gasteiger partial charge in [-0.15, -0.1) is 0 Å². The Morgan fingerprint density at radius 3 is 2.00 bits per heavy atom. The Kier molecular flexibility index (Phi) is 4.69. The van der Waals surface area contributed by atoms with Crippen LogP contribution in [0.2, 0.25) is 0 Å². The first kappa shape index (κ1) is 16.8. The summed E-state index contributed by atoms with van der Waals surface area (Å²) in [5.41, 5.74) is 4.72. The molecule has 1 saturated heterocycles. The summed E-state index contributed by atoms with van der Waals surface area (Å²) in [7, 11) is 0. The molecule has 0 aromatic rings. The van der Waals surface area contributed by atoms with Crippen LogP contribution < -0.4 is 5.73 Å². The van der Waals surface area contributed by atoms with E-state index in [2.05, 4.69) is 0 Å². The van der Waals surface area contributed by atoms with Crippen molar-refractivity contribution in [1.82, 2.24) is 4.90 Å². The highest BCUT2D eigenvalue weighted by Crippen LogP contribution is 2.23. The van der Waals surface area contributed by atoms with Crippen molar-refractivity contribution in [2.45, 2.75) is 71.2 Å². The number of hydrogen-bond acceptors (Lipinski definition) is 5. The highest BCUT2D eigenvalue weighted by Gasteiger charge is 2.43. The molecule has 0 radical (unpaired) electrons. The van der Waals surface area contributed by atoms with Gasteiger partial charge in [-0.25, -0.2) is 9.59 Å². The van der Waals surface area contributed by atoms with Gasteiger partial charge in [0.1, 0.15) is 17.2 Å². The SMILES string of the molecule is CC(C)(C)OC(=O)[C@@H]1[C@@H](N)CCN1C(=O)OC(C)(C)C. The number of nitrogens with two attached hydrogens (primary N) is 1. The van der Waals surface area contributed by atoms with Gasteiger partial charge < -0.3 is 15.2 Å². The lowest BCUT2D eigenvalue weighted by Crippen LogP contribution is -2.51. The van der Waals surface area contributed by atoms with Crippen LogP contribution in [0.5, 0.6) is 0 Å². The lowest BCUT2D eigenvalue weighted by atomic mass is 10.1. The van der Waals surface area contributed by atoms with Gasteiger partial charge in [0.05, 0.1) is 0 Å². The van der Waals surface area contributed by atoms with Gasteiger partial charge in [-0.1, -0.05) is 0 Å². The number of carbonyl (C=O) groups is 2. The maximum atomic E-state index is 12.2. The van der Waals surface area contributed by atoms with E-state index in [4.69, 9.17) is 15.2 Å². The van der Waals surface area contributed by atoms with Crippen LogP contribution in [-0.2, 0) is 14.3 Å². The summed E-state index contributed by atoms with van der Waals surface area (Å²) in [6, 6.07) is -1.19. The normalized spacial score (nSPS) is 23.6. The first-order valence-corrected chi connectivity index (χ1v) is 6.89. The van der Waals surface area contributed by atoms with E-state index in [0.717, 1.165) is 0 Å². The van der Waals surface area contributed by atoms with Crippen LogP contribution in [0.1, 0.15) is 48.0 Å². The molecule has 6 heteroatoms. The van der Waals surface area contributed by atoms with Gasteiger partial charge in [0.25, 0.3) is 0 Å². The number of amides is 1. The Balaban J connectivity index is 2.81. The fourth-order valence-electron chi connectivity index (χ4n) is 2.01. The Hall–Kier alpha value is -1.30. The molecule has 6 nitrogen and oxygen atoms in total. The molecule has 0 aromatic carbocycles. The first-order chi connectivity index (χ1) is 8.91. The predicted octanol–water partition coefficient (Wildman–Crippen LogP) is 1.66. The number of esters is 1. The number of carbonyl (C=O) groups excluding carboxylic acids is 2. The Morgan fingerprint density at radius 1 is 1.05 bits per heavy atom. The molecule has 1 aliphatic heterocycles. The van der Waals surface area contributed by atoms with E-state index in [-0.39, 0.29) is 0 Å². The number of likely N-dealkylation sites (tertiary alicyclic amines) is 1. The minimum Gasteiger partial charge on any atom is -0.458 e. The molecule has 1 heterocycles. The fraction of sp³-hybridized carbons (Fsp3) is 0.857. The smallest absolute Gasteiger partial charge is 0.411 e.